The average Bonchev–Trinajstić information content (AvgIpc) is 3.27. The van der Waals surface area contributed by atoms with E-state index in [4.69, 9.17) is 0 Å². The van der Waals surface area contributed by atoms with E-state index < -0.39 is 6.10 Å². The fourth-order valence-electron chi connectivity index (χ4n) is 5.30. The Morgan fingerprint density at radius 3 is 2.72 bits per heavy atom. The third kappa shape index (κ3) is 3.05. The highest BCUT2D eigenvalue weighted by atomic mass is 16.3. The number of para-hydroxylation sites is 1. The molecular formula is C24H27N3O2. The minimum Gasteiger partial charge on any atom is -0.390 e. The lowest BCUT2D eigenvalue weighted by Gasteiger charge is -2.38. The van der Waals surface area contributed by atoms with E-state index >= 15 is 0 Å². The lowest BCUT2D eigenvalue weighted by atomic mass is 9.72. The zero-order valence-corrected chi connectivity index (χ0v) is 16.4. The van der Waals surface area contributed by atoms with Crippen molar-refractivity contribution in [2.24, 2.45) is 0 Å². The molecule has 5 heteroatoms. The van der Waals surface area contributed by atoms with Crippen molar-refractivity contribution in [1.29, 1.82) is 0 Å². The smallest absolute Gasteiger partial charge is 0.220 e. The summed E-state index contributed by atoms with van der Waals surface area (Å²) < 4.78 is 0. The van der Waals surface area contributed by atoms with Gasteiger partial charge in [0, 0.05) is 28.9 Å². The van der Waals surface area contributed by atoms with Crippen molar-refractivity contribution in [2.75, 3.05) is 13.1 Å². The Labute approximate surface area is 170 Å². The molecule has 3 aromatic rings. The second-order valence-electron chi connectivity index (χ2n) is 8.34. The van der Waals surface area contributed by atoms with Crippen LogP contribution in [0.3, 0.4) is 0 Å². The molecule has 1 aromatic heterocycles. The molecule has 29 heavy (non-hydrogen) atoms. The Kier molecular flexibility index (Phi) is 4.64. The van der Waals surface area contributed by atoms with E-state index in [0.29, 0.717) is 12.8 Å². The summed E-state index contributed by atoms with van der Waals surface area (Å²) in [5, 5.41) is 19.0. The van der Waals surface area contributed by atoms with Crippen molar-refractivity contribution < 1.29 is 9.90 Å². The third-order valence-corrected chi connectivity index (χ3v) is 6.82. The van der Waals surface area contributed by atoms with Gasteiger partial charge in [-0.15, -0.1) is 0 Å². The summed E-state index contributed by atoms with van der Waals surface area (Å²) in [6.45, 7) is 1.79. The SMILES string of the molecule is O=C(CCc1c[nH]c2ccccc12)N[C@@H]1c2ccccc2C2(CCNCC2)[C@H]1O. The maximum Gasteiger partial charge on any atom is 0.220 e. The van der Waals surface area contributed by atoms with Crippen molar-refractivity contribution >= 4 is 16.8 Å². The zero-order chi connectivity index (χ0) is 19.8. The van der Waals surface area contributed by atoms with Gasteiger partial charge in [0.2, 0.25) is 5.91 Å². The number of aromatic amines is 1. The van der Waals surface area contributed by atoms with Gasteiger partial charge in [-0.25, -0.2) is 0 Å². The lowest BCUT2D eigenvalue weighted by molar-refractivity contribution is -0.123. The number of fused-ring (bicyclic) bond motifs is 3. The van der Waals surface area contributed by atoms with Crippen LogP contribution in [0.25, 0.3) is 10.9 Å². The van der Waals surface area contributed by atoms with Gasteiger partial charge in [-0.2, -0.15) is 0 Å². The standard InChI is InChI=1S/C24H27N3O2/c28-21(10-9-16-15-26-20-8-4-2-5-17(16)20)27-22-18-6-1-3-7-19(18)24(23(22)29)11-13-25-14-12-24/h1-8,15,22-23,25-26,29H,9-14H2,(H,27,28)/t22-,23+/m1/s1. The highest BCUT2D eigenvalue weighted by Crippen LogP contribution is 2.50. The van der Waals surface area contributed by atoms with Crippen LogP contribution in [0.1, 0.15) is 42.0 Å². The van der Waals surface area contributed by atoms with E-state index in [2.05, 4.69) is 33.8 Å². The average molecular weight is 389 g/mol. The number of nitrogens with one attached hydrogen (secondary N) is 3. The quantitative estimate of drug-likeness (QED) is 0.554. The molecule has 5 rings (SSSR count). The van der Waals surface area contributed by atoms with Gasteiger partial charge in [-0.05, 0) is 55.1 Å². The van der Waals surface area contributed by atoms with Gasteiger partial charge in [0.05, 0.1) is 12.1 Å². The van der Waals surface area contributed by atoms with Crippen molar-refractivity contribution in [3.8, 4) is 0 Å². The summed E-state index contributed by atoms with van der Waals surface area (Å²) >= 11 is 0. The third-order valence-electron chi connectivity index (χ3n) is 6.82. The molecule has 2 atom stereocenters. The van der Waals surface area contributed by atoms with Crippen LogP contribution in [0.2, 0.25) is 0 Å². The van der Waals surface area contributed by atoms with Crippen LogP contribution in [0.15, 0.2) is 54.7 Å². The Morgan fingerprint density at radius 2 is 1.86 bits per heavy atom. The van der Waals surface area contributed by atoms with Crippen molar-refractivity contribution in [2.45, 2.75) is 43.2 Å². The van der Waals surface area contributed by atoms with Crippen molar-refractivity contribution in [1.82, 2.24) is 15.6 Å². The van der Waals surface area contributed by atoms with Crippen LogP contribution < -0.4 is 10.6 Å². The zero-order valence-electron chi connectivity index (χ0n) is 16.4. The maximum absolute atomic E-state index is 12.8. The molecule has 1 amide bonds. The minimum absolute atomic E-state index is 0.0138. The van der Waals surface area contributed by atoms with Crippen molar-refractivity contribution in [3.05, 3.63) is 71.4 Å². The van der Waals surface area contributed by atoms with Gasteiger partial charge in [-0.1, -0.05) is 42.5 Å². The molecule has 2 aliphatic rings. The molecule has 2 aromatic carbocycles. The van der Waals surface area contributed by atoms with E-state index in [0.717, 1.165) is 42.6 Å². The molecule has 0 saturated carbocycles. The topological polar surface area (TPSA) is 77.2 Å². The number of aliphatic hydroxyl groups excluding tert-OH is 1. The van der Waals surface area contributed by atoms with E-state index in [-0.39, 0.29) is 17.4 Å². The number of hydrogen-bond donors (Lipinski definition) is 4. The predicted octanol–water partition coefficient (Wildman–Crippen LogP) is 2.95. The van der Waals surface area contributed by atoms with Crippen LogP contribution in [0, 0.1) is 0 Å². The Balaban J connectivity index is 1.32. The molecule has 5 nitrogen and oxygen atoms in total. The first-order valence-corrected chi connectivity index (χ1v) is 10.5. The largest absolute Gasteiger partial charge is 0.390 e. The summed E-state index contributed by atoms with van der Waals surface area (Å²) in [7, 11) is 0. The lowest BCUT2D eigenvalue weighted by Crippen LogP contribution is -2.48. The monoisotopic (exact) mass is 389 g/mol. The number of benzene rings is 2. The molecule has 150 valence electrons. The first-order valence-electron chi connectivity index (χ1n) is 10.5. The first kappa shape index (κ1) is 18.4. The van der Waals surface area contributed by atoms with E-state index in [1.807, 2.05) is 36.5 Å². The molecule has 0 radical (unpaired) electrons. The number of piperidine rings is 1. The molecule has 0 unspecified atom stereocenters. The number of H-pyrrole nitrogens is 1. The molecule has 1 aliphatic carbocycles. The highest BCUT2D eigenvalue weighted by Gasteiger charge is 2.51. The van der Waals surface area contributed by atoms with Crippen LogP contribution in [0.4, 0.5) is 0 Å². The second-order valence-corrected chi connectivity index (χ2v) is 8.34. The summed E-state index contributed by atoms with van der Waals surface area (Å²) in [4.78, 5) is 16.1. The maximum atomic E-state index is 12.8. The van der Waals surface area contributed by atoms with E-state index in [1.165, 1.54) is 10.9 Å². The molecule has 0 bridgehead atoms. The number of carbonyl (C=O) groups is 1. The molecule has 1 fully saturated rings. The van der Waals surface area contributed by atoms with Gasteiger partial charge in [-0.3, -0.25) is 4.79 Å². The number of aromatic nitrogens is 1. The van der Waals surface area contributed by atoms with E-state index in [9.17, 15) is 9.90 Å². The number of rotatable bonds is 4. The summed E-state index contributed by atoms with van der Waals surface area (Å²) in [6, 6.07) is 16.0. The van der Waals surface area contributed by atoms with Crippen LogP contribution in [0.5, 0.6) is 0 Å². The Morgan fingerprint density at radius 1 is 1.10 bits per heavy atom. The van der Waals surface area contributed by atoms with Gasteiger partial charge in [0.1, 0.15) is 0 Å². The van der Waals surface area contributed by atoms with Crippen molar-refractivity contribution in [3.63, 3.8) is 0 Å². The first-order chi connectivity index (χ1) is 14.2. The summed E-state index contributed by atoms with van der Waals surface area (Å²) in [6.07, 6.45) is 4.28. The molecule has 1 spiro atoms. The van der Waals surface area contributed by atoms with Crippen LogP contribution >= 0.6 is 0 Å². The number of carbonyl (C=O) groups excluding carboxylic acids is 1. The summed E-state index contributed by atoms with van der Waals surface area (Å²) in [5.41, 5.74) is 4.27. The van der Waals surface area contributed by atoms with Gasteiger partial charge >= 0.3 is 0 Å². The molecule has 1 saturated heterocycles. The molecule has 1 aliphatic heterocycles. The highest BCUT2D eigenvalue weighted by molar-refractivity contribution is 5.84. The number of hydrogen-bond acceptors (Lipinski definition) is 3. The van der Waals surface area contributed by atoms with Gasteiger partial charge in [0.15, 0.2) is 0 Å². The summed E-state index contributed by atoms with van der Waals surface area (Å²) in [5.74, 6) is -0.0138. The Bertz CT molecular complexity index is 1040. The fourth-order valence-corrected chi connectivity index (χ4v) is 5.30. The molecule has 2 heterocycles. The predicted molar refractivity (Wildman–Crippen MR) is 114 cm³/mol. The van der Waals surface area contributed by atoms with Crippen LogP contribution in [-0.2, 0) is 16.6 Å². The minimum atomic E-state index is -0.584. The number of amides is 1. The number of aliphatic hydroxyl groups is 1. The van der Waals surface area contributed by atoms with E-state index in [1.54, 1.807) is 0 Å². The Hall–Kier alpha value is -2.63. The molecular weight excluding hydrogens is 362 g/mol. The molecule has 4 N–H and O–H groups in total. The second kappa shape index (κ2) is 7.32. The normalized spacial score (nSPS) is 22.7. The fraction of sp³-hybridized carbons (Fsp3) is 0.375. The van der Waals surface area contributed by atoms with Crippen LogP contribution in [-0.4, -0.2) is 35.2 Å². The number of aryl methyl sites for hydroxylation is 1. The van der Waals surface area contributed by atoms with Gasteiger partial charge < -0.3 is 20.7 Å². The van der Waals surface area contributed by atoms with Gasteiger partial charge in [0.25, 0.3) is 0 Å².